The van der Waals surface area contributed by atoms with Crippen molar-refractivity contribution < 1.29 is 22.6 Å². The summed E-state index contributed by atoms with van der Waals surface area (Å²) < 4.78 is 39.0. The third-order valence-electron chi connectivity index (χ3n) is 2.98. The fourth-order valence-corrected chi connectivity index (χ4v) is 2.91. The van der Waals surface area contributed by atoms with Gasteiger partial charge in [-0.1, -0.05) is 0 Å². The van der Waals surface area contributed by atoms with Gasteiger partial charge in [-0.15, -0.1) is 0 Å². The van der Waals surface area contributed by atoms with Crippen LogP contribution in [0.15, 0.2) is 29.3 Å². The molecule has 0 saturated heterocycles. The van der Waals surface area contributed by atoms with Crippen LogP contribution in [0.25, 0.3) is 5.70 Å². The van der Waals surface area contributed by atoms with E-state index in [9.17, 15) is 13.0 Å². The lowest BCUT2D eigenvalue weighted by molar-refractivity contribution is -0.855. The van der Waals surface area contributed by atoms with E-state index in [0.29, 0.717) is 16.2 Å². The number of benzene rings is 1. The second-order valence-corrected chi connectivity index (χ2v) is 5.51. The van der Waals surface area contributed by atoms with Gasteiger partial charge in [-0.25, -0.2) is 8.42 Å². The standard InChI is InChI=1S/C11H15N3O4S/c1-14-10(19(15,16)17)9(13-11(14)12)7-3-5-8(18-2)6-4-7/h3-6,11,13H,12H2,1-2H3,(H,15,16,17). The van der Waals surface area contributed by atoms with E-state index in [2.05, 4.69) is 5.32 Å². The summed E-state index contributed by atoms with van der Waals surface area (Å²) >= 11 is 0. The molecule has 1 aromatic rings. The normalized spacial score (nSPS) is 23.4. The first kappa shape index (κ1) is 13.8. The van der Waals surface area contributed by atoms with Gasteiger partial charge < -0.3 is 14.6 Å². The average Bonchev–Trinajstić information content (AvgIpc) is 2.65. The van der Waals surface area contributed by atoms with E-state index in [1.54, 1.807) is 24.3 Å². The van der Waals surface area contributed by atoms with Crippen LogP contribution in [-0.2, 0) is 10.1 Å². The number of hydrogen-bond acceptors (Lipinski definition) is 6. The Morgan fingerprint density at radius 1 is 1.37 bits per heavy atom. The highest BCUT2D eigenvalue weighted by atomic mass is 32.2. The van der Waals surface area contributed by atoms with Gasteiger partial charge in [0.25, 0.3) is 0 Å². The maximum atomic E-state index is 11.3. The molecule has 0 spiro atoms. The van der Waals surface area contributed by atoms with E-state index in [4.69, 9.17) is 10.5 Å². The zero-order valence-electron chi connectivity index (χ0n) is 10.5. The van der Waals surface area contributed by atoms with Crippen molar-refractivity contribution in [2.24, 2.45) is 5.73 Å². The van der Waals surface area contributed by atoms with Crippen molar-refractivity contribution in [2.45, 2.75) is 6.29 Å². The Balaban J connectivity index is 2.53. The van der Waals surface area contributed by atoms with Crippen LogP contribution in [0.5, 0.6) is 5.75 Å². The summed E-state index contributed by atoms with van der Waals surface area (Å²) in [6, 6.07) is 6.69. The monoisotopic (exact) mass is 285 g/mol. The highest BCUT2D eigenvalue weighted by molar-refractivity contribution is 7.89. The number of rotatable bonds is 3. The van der Waals surface area contributed by atoms with Gasteiger partial charge in [-0.3, -0.25) is 10.6 Å². The first-order valence-corrected chi connectivity index (χ1v) is 6.96. The summed E-state index contributed by atoms with van der Waals surface area (Å²) in [5.41, 5.74) is 6.54. The predicted octanol–water partition coefficient (Wildman–Crippen LogP) is -1.77. The lowest BCUT2D eigenvalue weighted by atomic mass is 10.1. The molecule has 1 heterocycles. The molecule has 0 fully saturated rings. The van der Waals surface area contributed by atoms with Crippen molar-refractivity contribution in [3.63, 3.8) is 0 Å². The minimum Gasteiger partial charge on any atom is -0.740 e. The molecule has 2 unspecified atom stereocenters. The van der Waals surface area contributed by atoms with Crippen LogP contribution in [0.4, 0.5) is 0 Å². The molecule has 1 aliphatic rings. The number of ether oxygens (including phenoxy) is 1. The topological polar surface area (TPSA) is 109 Å². The molecule has 0 aliphatic carbocycles. The number of nitrogens with two attached hydrogens (primary N) is 1. The SMILES string of the molecule is COc1ccc(C2=C(S(=O)(=O)[O-])[NH+](C)C(N)N2)cc1. The summed E-state index contributed by atoms with van der Waals surface area (Å²) in [6.07, 6.45) is -0.671. The Morgan fingerprint density at radius 3 is 2.42 bits per heavy atom. The van der Waals surface area contributed by atoms with Crippen molar-refractivity contribution in [1.82, 2.24) is 5.32 Å². The molecule has 0 radical (unpaired) electrons. The maximum absolute atomic E-state index is 11.3. The fourth-order valence-electron chi connectivity index (χ4n) is 1.96. The van der Waals surface area contributed by atoms with Crippen LogP contribution < -0.4 is 20.7 Å². The van der Waals surface area contributed by atoms with Crippen LogP contribution in [0.1, 0.15) is 5.56 Å². The van der Waals surface area contributed by atoms with E-state index >= 15 is 0 Å². The zero-order valence-corrected chi connectivity index (χ0v) is 11.3. The molecule has 2 rings (SSSR count). The van der Waals surface area contributed by atoms with E-state index in [-0.39, 0.29) is 10.7 Å². The van der Waals surface area contributed by atoms with E-state index in [1.807, 2.05) is 0 Å². The Labute approximate surface area is 111 Å². The molecule has 0 aromatic heterocycles. The number of quaternary nitrogens is 1. The molecule has 4 N–H and O–H groups in total. The highest BCUT2D eigenvalue weighted by Crippen LogP contribution is 2.21. The quantitative estimate of drug-likeness (QED) is 0.567. The molecule has 1 aromatic carbocycles. The smallest absolute Gasteiger partial charge is 0.237 e. The summed E-state index contributed by atoms with van der Waals surface area (Å²) in [5.74, 6) is 0.638. The number of hydrogen-bond donors (Lipinski definition) is 3. The third kappa shape index (κ3) is 2.56. The molecule has 7 nitrogen and oxygen atoms in total. The van der Waals surface area contributed by atoms with Gasteiger partial charge in [0.15, 0.2) is 10.1 Å². The van der Waals surface area contributed by atoms with Gasteiger partial charge in [0, 0.05) is 5.56 Å². The maximum Gasteiger partial charge on any atom is 0.237 e. The highest BCUT2D eigenvalue weighted by Gasteiger charge is 2.36. The van der Waals surface area contributed by atoms with Gasteiger partial charge in [0.05, 0.1) is 14.2 Å². The molecular weight excluding hydrogens is 270 g/mol. The third-order valence-corrected chi connectivity index (χ3v) is 4.01. The van der Waals surface area contributed by atoms with Crippen LogP contribution in [0, 0.1) is 0 Å². The molecule has 2 atom stereocenters. The van der Waals surface area contributed by atoms with E-state index < -0.39 is 16.4 Å². The van der Waals surface area contributed by atoms with Crippen molar-refractivity contribution >= 4 is 15.8 Å². The largest absolute Gasteiger partial charge is 0.740 e. The van der Waals surface area contributed by atoms with Gasteiger partial charge in [-0.2, -0.15) is 0 Å². The lowest BCUT2D eigenvalue weighted by Crippen LogP contribution is -3.13. The summed E-state index contributed by atoms with van der Waals surface area (Å²) in [6.45, 7) is 0. The van der Waals surface area contributed by atoms with Gasteiger partial charge in [0.2, 0.25) is 11.3 Å². The van der Waals surface area contributed by atoms with Gasteiger partial charge in [-0.05, 0) is 24.3 Å². The Hall–Kier alpha value is -1.61. The van der Waals surface area contributed by atoms with Crippen molar-refractivity contribution in [3.05, 3.63) is 34.9 Å². The summed E-state index contributed by atoms with van der Waals surface area (Å²) in [7, 11) is -1.52. The Kier molecular flexibility index (Phi) is 3.50. The first-order valence-electron chi connectivity index (χ1n) is 5.55. The predicted molar refractivity (Wildman–Crippen MR) is 67.6 cm³/mol. The van der Waals surface area contributed by atoms with Crippen molar-refractivity contribution in [1.29, 1.82) is 0 Å². The minimum atomic E-state index is -4.58. The Morgan fingerprint density at radius 2 is 1.95 bits per heavy atom. The second kappa shape index (κ2) is 4.82. The number of methoxy groups -OCH3 is 1. The number of nitrogens with one attached hydrogen (secondary N) is 2. The van der Waals surface area contributed by atoms with Crippen LogP contribution in [-0.4, -0.2) is 33.4 Å². The molecule has 1 aliphatic heterocycles. The van der Waals surface area contributed by atoms with Crippen molar-refractivity contribution in [3.8, 4) is 5.75 Å². The van der Waals surface area contributed by atoms with E-state index in [1.165, 1.54) is 14.2 Å². The van der Waals surface area contributed by atoms with Crippen LogP contribution in [0.2, 0.25) is 0 Å². The van der Waals surface area contributed by atoms with Crippen molar-refractivity contribution in [2.75, 3.05) is 14.2 Å². The minimum absolute atomic E-state index is 0.239. The van der Waals surface area contributed by atoms with Crippen LogP contribution in [0.3, 0.4) is 0 Å². The fraction of sp³-hybridized carbons (Fsp3) is 0.273. The van der Waals surface area contributed by atoms with Crippen LogP contribution >= 0.6 is 0 Å². The molecule has 8 heteroatoms. The summed E-state index contributed by atoms with van der Waals surface area (Å²) in [5, 5.41) is 2.54. The molecular formula is C11H15N3O4S. The second-order valence-electron chi connectivity index (χ2n) is 4.19. The average molecular weight is 285 g/mol. The summed E-state index contributed by atoms with van der Waals surface area (Å²) in [4.78, 5) is 0.320. The van der Waals surface area contributed by atoms with E-state index in [0.717, 1.165) is 0 Å². The Bertz CT molecular complexity index is 609. The zero-order chi connectivity index (χ0) is 14.2. The lowest BCUT2D eigenvalue weighted by Gasteiger charge is -2.15. The molecule has 0 amide bonds. The molecule has 104 valence electrons. The first-order chi connectivity index (χ1) is 8.84. The molecule has 19 heavy (non-hydrogen) atoms. The van der Waals surface area contributed by atoms with Gasteiger partial charge in [0.1, 0.15) is 11.4 Å². The molecule has 0 bridgehead atoms. The van der Waals surface area contributed by atoms with Gasteiger partial charge >= 0.3 is 0 Å². The molecule has 0 saturated carbocycles.